The molecule has 1 atom stereocenters. The summed E-state index contributed by atoms with van der Waals surface area (Å²) < 4.78 is 19.6. The molecule has 2 aromatic rings. The summed E-state index contributed by atoms with van der Waals surface area (Å²) in [5, 5.41) is 0. The van der Waals surface area contributed by atoms with Gasteiger partial charge < -0.3 is 9.64 Å². The van der Waals surface area contributed by atoms with Crippen LogP contribution in [0.2, 0.25) is 0 Å². The lowest BCUT2D eigenvalue weighted by Crippen LogP contribution is -2.51. The molecule has 0 aromatic heterocycles. The van der Waals surface area contributed by atoms with Gasteiger partial charge in [0.05, 0.1) is 12.0 Å². The molecule has 2 aromatic carbocycles. The summed E-state index contributed by atoms with van der Waals surface area (Å²) >= 11 is 0. The molecule has 0 saturated carbocycles. The Morgan fingerprint density at radius 2 is 1.81 bits per heavy atom. The standard InChI is InChI=1S/C22H24FNO3/c1-2-27-21(26)22(15-18-11-6-7-12-19(18)23)13-8-14-24(16-22)20(25)17-9-4-3-5-10-17/h3-7,9-12H,2,8,13-16H2,1H3/t22-/m1/s1. The number of carbonyl (C=O) groups excluding carboxylic acids is 2. The minimum absolute atomic E-state index is 0.113. The number of piperidine rings is 1. The van der Waals surface area contributed by atoms with Gasteiger partial charge in [-0.1, -0.05) is 36.4 Å². The minimum Gasteiger partial charge on any atom is -0.466 e. The summed E-state index contributed by atoms with van der Waals surface area (Å²) in [4.78, 5) is 27.4. The Balaban J connectivity index is 1.89. The molecule has 0 radical (unpaired) electrons. The van der Waals surface area contributed by atoms with E-state index in [1.165, 1.54) is 6.07 Å². The van der Waals surface area contributed by atoms with Gasteiger partial charge in [-0.25, -0.2) is 4.39 Å². The van der Waals surface area contributed by atoms with Crippen LogP contribution in [0.1, 0.15) is 35.7 Å². The smallest absolute Gasteiger partial charge is 0.314 e. The average Bonchev–Trinajstić information content (AvgIpc) is 2.70. The molecule has 1 fully saturated rings. The van der Waals surface area contributed by atoms with E-state index in [0.29, 0.717) is 30.5 Å². The van der Waals surface area contributed by atoms with Crippen LogP contribution < -0.4 is 0 Å². The van der Waals surface area contributed by atoms with E-state index in [4.69, 9.17) is 4.74 Å². The third kappa shape index (κ3) is 4.18. The Kier molecular flexibility index (Phi) is 5.89. The number of benzene rings is 2. The van der Waals surface area contributed by atoms with Crippen LogP contribution in [0, 0.1) is 11.2 Å². The molecule has 0 unspecified atom stereocenters. The number of esters is 1. The zero-order chi connectivity index (χ0) is 19.3. The van der Waals surface area contributed by atoms with Crippen molar-refractivity contribution in [3.05, 3.63) is 71.5 Å². The molecule has 1 aliphatic rings. The van der Waals surface area contributed by atoms with E-state index in [9.17, 15) is 14.0 Å². The first kappa shape index (κ1) is 19.1. The van der Waals surface area contributed by atoms with Gasteiger partial charge in [-0.3, -0.25) is 9.59 Å². The highest BCUT2D eigenvalue weighted by atomic mass is 19.1. The van der Waals surface area contributed by atoms with Crippen molar-refractivity contribution in [1.82, 2.24) is 4.90 Å². The second-order valence-corrected chi connectivity index (χ2v) is 6.97. The Bertz CT molecular complexity index is 808. The van der Waals surface area contributed by atoms with Crippen LogP contribution >= 0.6 is 0 Å². The van der Waals surface area contributed by atoms with Crippen molar-refractivity contribution in [3.63, 3.8) is 0 Å². The maximum Gasteiger partial charge on any atom is 0.314 e. The lowest BCUT2D eigenvalue weighted by molar-refractivity contribution is -0.158. The Hall–Kier alpha value is -2.69. The van der Waals surface area contributed by atoms with Crippen LogP contribution in [0.4, 0.5) is 4.39 Å². The van der Waals surface area contributed by atoms with Crippen molar-refractivity contribution in [2.75, 3.05) is 19.7 Å². The normalized spacial score (nSPS) is 19.6. The number of hydrogen-bond donors (Lipinski definition) is 0. The van der Waals surface area contributed by atoms with Crippen LogP contribution in [0.3, 0.4) is 0 Å². The van der Waals surface area contributed by atoms with Crippen molar-refractivity contribution in [2.45, 2.75) is 26.2 Å². The fourth-order valence-corrected chi connectivity index (χ4v) is 3.74. The second-order valence-electron chi connectivity index (χ2n) is 6.97. The molecule has 0 aliphatic carbocycles. The van der Waals surface area contributed by atoms with Crippen LogP contribution in [-0.2, 0) is 16.0 Å². The summed E-state index contributed by atoms with van der Waals surface area (Å²) in [5.74, 6) is -0.816. The van der Waals surface area contributed by atoms with Gasteiger partial charge in [0.1, 0.15) is 5.82 Å². The summed E-state index contributed by atoms with van der Waals surface area (Å²) in [5.41, 5.74) is 0.128. The van der Waals surface area contributed by atoms with Gasteiger partial charge in [0.15, 0.2) is 0 Å². The van der Waals surface area contributed by atoms with Gasteiger partial charge in [0.2, 0.25) is 0 Å². The number of hydrogen-bond acceptors (Lipinski definition) is 3. The van der Waals surface area contributed by atoms with E-state index in [2.05, 4.69) is 0 Å². The zero-order valence-corrected chi connectivity index (χ0v) is 15.5. The fourth-order valence-electron chi connectivity index (χ4n) is 3.74. The van der Waals surface area contributed by atoms with Crippen molar-refractivity contribution >= 4 is 11.9 Å². The van der Waals surface area contributed by atoms with E-state index < -0.39 is 5.41 Å². The number of carbonyl (C=O) groups is 2. The molecule has 142 valence electrons. The van der Waals surface area contributed by atoms with Crippen molar-refractivity contribution in [2.24, 2.45) is 5.41 Å². The van der Waals surface area contributed by atoms with Crippen LogP contribution in [-0.4, -0.2) is 36.5 Å². The molecule has 1 heterocycles. The highest BCUT2D eigenvalue weighted by molar-refractivity contribution is 5.94. The Labute approximate surface area is 158 Å². The largest absolute Gasteiger partial charge is 0.466 e. The molecule has 1 aliphatic heterocycles. The van der Waals surface area contributed by atoms with Gasteiger partial charge in [0.25, 0.3) is 5.91 Å². The third-order valence-corrected chi connectivity index (χ3v) is 5.08. The summed E-state index contributed by atoms with van der Waals surface area (Å²) in [7, 11) is 0. The molecule has 4 nitrogen and oxygen atoms in total. The highest BCUT2D eigenvalue weighted by Gasteiger charge is 2.45. The predicted molar refractivity (Wildman–Crippen MR) is 101 cm³/mol. The lowest BCUT2D eigenvalue weighted by Gasteiger charge is -2.41. The number of amides is 1. The quantitative estimate of drug-likeness (QED) is 0.752. The molecule has 0 spiro atoms. The highest BCUT2D eigenvalue weighted by Crippen LogP contribution is 2.36. The summed E-state index contributed by atoms with van der Waals surface area (Å²) in [6.45, 7) is 2.81. The first-order chi connectivity index (χ1) is 13.1. The Morgan fingerprint density at radius 1 is 1.11 bits per heavy atom. The van der Waals surface area contributed by atoms with Crippen LogP contribution in [0.5, 0.6) is 0 Å². The predicted octanol–water partition coefficient (Wildman–Crippen LogP) is 3.85. The minimum atomic E-state index is -0.930. The number of likely N-dealkylation sites (tertiary alicyclic amines) is 1. The molecular formula is C22H24FNO3. The lowest BCUT2D eigenvalue weighted by atomic mass is 9.74. The summed E-state index contributed by atoms with van der Waals surface area (Å²) in [6, 6.07) is 15.5. The molecule has 3 rings (SSSR count). The molecule has 5 heteroatoms. The van der Waals surface area contributed by atoms with Gasteiger partial charge in [-0.05, 0) is 49.9 Å². The van der Waals surface area contributed by atoms with E-state index >= 15 is 0 Å². The van der Waals surface area contributed by atoms with Gasteiger partial charge in [0, 0.05) is 18.7 Å². The maximum absolute atomic E-state index is 14.3. The van der Waals surface area contributed by atoms with E-state index in [-0.39, 0.29) is 37.3 Å². The first-order valence-corrected chi connectivity index (χ1v) is 9.31. The van der Waals surface area contributed by atoms with E-state index in [1.54, 1.807) is 42.2 Å². The topological polar surface area (TPSA) is 46.6 Å². The van der Waals surface area contributed by atoms with Gasteiger partial charge >= 0.3 is 5.97 Å². The average molecular weight is 369 g/mol. The zero-order valence-electron chi connectivity index (χ0n) is 15.5. The SMILES string of the molecule is CCOC(=O)[C@@]1(Cc2ccccc2F)CCCN(C(=O)c2ccccc2)C1. The number of ether oxygens (including phenoxy) is 1. The fraction of sp³-hybridized carbons (Fsp3) is 0.364. The number of rotatable bonds is 5. The molecule has 27 heavy (non-hydrogen) atoms. The summed E-state index contributed by atoms with van der Waals surface area (Å²) in [6.07, 6.45) is 1.46. The van der Waals surface area contributed by atoms with Crippen molar-refractivity contribution in [1.29, 1.82) is 0 Å². The van der Waals surface area contributed by atoms with Crippen LogP contribution in [0.25, 0.3) is 0 Å². The first-order valence-electron chi connectivity index (χ1n) is 9.31. The molecule has 1 amide bonds. The second kappa shape index (κ2) is 8.33. The van der Waals surface area contributed by atoms with Gasteiger partial charge in [-0.15, -0.1) is 0 Å². The van der Waals surface area contributed by atoms with Crippen LogP contribution in [0.15, 0.2) is 54.6 Å². The molecule has 0 N–H and O–H groups in total. The van der Waals surface area contributed by atoms with Crippen molar-refractivity contribution < 1.29 is 18.7 Å². The van der Waals surface area contributed by atoms with Crippen molar-refractivity contribution in [3.8, 4) is 0 Å². The number of nitrogens with zero attached hydrogens (tertiary/aromatic N) is 1. The van der Waals surface area contributed by atoms with E-state index in [1.807, 2.05) is 18.2 Å². The Morgan fingerprint density at radius 3 is 2.52 bits per heavy atom. The molecule has 0 bridgehead atoms. The van der Waals surface area contributed by atoms with E-state index in [0.717, 1.165) is 0 Å². The maximum atomic E-state index is 14.3. The third-order valence-electron chi connectivity index (χ3n) is 5.08. The van der Waals surface area contributed by atoms with Gasteiger partial charge in [-0.2, -0.15) is 0 Å². The number of halogens is 1. The molecular weight excluding hydrogens is 345 g/mol. The molecule has 1 saturated heterocycles. The monoisotopic (exact) mass is 369 g/mol.